The average molecular weight is 591 g/mol. The highest BCUT2D eigenvalue weighted by Crippen LogP contribution is 2.68. The maximum Gasteiger partial charge on any atom is 0.338 e. The van der Waals surface area contributed by atoms with Crippen molar-refractivity contribution in [2.45, 2.75) is 105 Å². The van der Waals surface area contributed by atoms with E-state index in [2.05, 4.69) is 82.9 Å². The van der Waals surface area contributed by atoms with Crippen LogP contribution in [0.4, 0.5) is 0 Å². The number of fused-ring (bicyclic) bond motifs is 5. The summed E-state index contributed by atoms with van der Waals surface area (Å²) in [5.74, 6) is 11.9. The lowest BCUT2D eigenvalue weighted by Crippen LogP contribution is -2.54. The number of hydrogen-bond donors (Lipinski definition) is 0. The summed E-state index contributed by atoms with van der Waals surface area (Å²) in [6.07, 6.45) is 15.0. The number of benzene rings is 2. The van der Waals surface area contributed by atoms with Gasteiger partial charge in [-0.05, 0) is 121 Å². The summed E-state index contributed by atoms with van der Waals surface area (Å²) in [6.45, 7) is 12.5. The molecule has 44 heavy (non-hydrogen) atoms. The van der Waals surface area contributed by atoms with Gasteiger partial charge in [0.05, 0.1) is 5.56 Å². The summed E-state index contributed by atoms with van der Waals surface area (Å²) in [7, 11) is 0. The van der Waals surface area contributed by atoms with Gasteiger partial charge in [0.15, 0.2) is 0 Å². The Kier molecular flexibility index (Phi) is 9.15. The predicted octanol–water partition coefficient (Wildman–Crippen LogP) is 10.5. The second-order valence-corrected chi connectivity index (χ2v) is 15.8. The predicted molar refractivity (Wildman–Crippen MR) is 181 cm³/mol. The van der Waals surface area contributed by atoms with E-state index >= 15 is 0 Å². The molecule has 0 heterocycles. The van der Waals surface area contributed by atoms with Crippen LogP contribution in [0.2, 0.25) is 0 Å². The lowest BCUT2D eigenvalue weighted by atomic mass is 9.44. The zero-order valence-corrected chi connectivity index (χ0v) is 27.9. The largest absolute Gasteiger partial charge is 0.459 e. The van der Waals surface area contributed by atoms with Gasteiger partial charge >= 0.3 is 5.97 Å². The van der Waals surface area contributed by atoms with Crippen molar-refractivity contribution in [3.63, 3.8) is 0 Å². The molecule has 0 unspecified atom stereocenters. The van der Waals surface area contributed by atoms with E-state index in [9.17, 15) is 4.79 Å². The van der Waals surface area contributed by atoms with Crippen molar-refractivity contribution in [3.8, 4) is 11.8 Å². The first-order chi connectivity index (χ1) is 21.2. The minimum absolute atomic E-state index is 0.0340. The van der Waals surface area contributed by atoms with Gasteiger partial charge in [0.2, 0.25) is 0 Å². The third-order valence-corrected chi connectivity index (χ3v) is 12.8. The molecule has 9 atom stereocenters. The Morgan fingerprint density at radius 1 is 0.841 bits per heavy atom. The van der Waals surface area contributed by atoms with E-state index in [-0.39, 0.29) is 17.5 Å². The van der Waals surface area contributed by atoms with E-state index in [1.54, 1.807) is 0 Å². The Balaban J connectivity index is 1.29. The first-order valence-corrected chi connectivity index (χ1v) is 17.7. The number of esters is 1. The molecule has 2 nitrogen and oxygen atoms in total. The van der Waals surface area contributed by atoms with Crippen LogP contribution in [0.5, 0.6) is 0 Å². The van der Waals surface area contributed by atoms with Gasteiger partial charge in [-0.3, -0.25) is 0 Å². The Labute approximate surface area is 267 Å². The standard InChI is InChI=1S/C42H54O2/c1-29(2)13-12-14-30(3)36-21-22-37-39-33(20-19-31-15-8-6-9-16-31)27-34-28-35(44-40(43)32-17-10-7-11-18-32)23-25-41(34,4)38(39)24-26-42(36,37)5/h6-11,15-18,27,29-30,34-39H,12-14,21-26,28H2,1-5H3/t30-,34+,35+,36-,37+,38-,39-,41+,42-/m1/s1. The van der Waals surface area contributed by atoms with E-state index < -0.39 is 0 Å². The summed E-state index contributed by atoms with van der Waals surface area (Å²) < 4.78 is 6.14. The Morgan fingerprint density at radius 2 is 1.52 bits per heavy atom. The molecule has 0 spiro atoms. The highest BCUT2D eigenvalue weighted by molar-refractivity contribution is 5.89. The van der Waals surface area contributed by atoms with Gasteiger partial charge in [0.25, 0.3) is 0 Å². The fraction of sp³-hybridized carbons (Fsp3) is 0.595. The third kappa shape index (κ3) is 6.06. The zero-order chi connectivity index (χ0) is 30.9. The molecule has 4 aliphatic rings. The maximum atomic E-state index is 13.0. The molecule has 234 valence electrons. The molecule has 2 aromatic rings. The second-order valence-electron chi connectivity index (χ2n) is 15.8. The van der Waals surface area contributed by atoms with Crippen LogP contribution < -0.4 is 0 Å². The van der Waals surface area contributed by atoms with E-state index in [0.29, 0.717) is 34.7 Å². The molecule has 6 rings (SSSR count). The summed E-state index contributed by atoms with van der Waals surface area (Å²) in [5.41, 5.74) is 3.77. The van der Waals surface area contributed by atoms with E-state index in [0.717, 1.165) is 42.6 Å². The van der Waals surface area contributed by atoms with Crippen LogP contribution in [0.3, 0.4) is 0 Å². The molecule has 0 bridgehead atoms. The van der Waals surface area contributed by atoms with Gasteiger partial charge in [-0.15, -0.1) is 0 Å². The third-order valence-electron chi connectivity index (χ3n) is 12.8. The molecule has 2 heteroatoms. The number of rotatable bonds is 7. The molecular weight excluding hydrogens is 536 g/mol. The van der Waals surface area contributed by atoms with Crippen LogP contribution in [0.25, 0.3) is 0 Å². The number of allylic oxidation sites excluding steroid dienone is 2. The van der Waals surface area contributed by atoms with Crippen molar-refractivity contribution in [2.24, 2.45) is 52.3 Å². The minimum Gasteiger partial charge on any atom is -0.459 e. The molecule has 0 N–H and O–H groups in total. The maximum absolute atomic E-state index is 13.0. The molecule has 0 aromatic heterocycles. The summed E-state index contributed by atoms with van der Waals surface area (Å²) in [4.78, 5) is 13.0. The van der Waals surface area contributed by atoms with Gasteiger partial charge in [0, 0.05) is 11.1 Å². The molecule has 3 fully saturated rings. The van der Waals surface area contributed by atoms with Crippen molar-refractivity contribution in [2.75, 3.05) is 0 Å². The molecule has 4 aliphatic carbocycles. The molecule has 0 aliphatic heterocycles. The fourth-order valence-corrected chi connectivity index (χ4v) is 10.4. The molecule has 2 aromatic carbocycles. The van der Waals surface area contributed by atoms with E-state index in [1.807, 2.05) is 30.3 Å². The Hall–Kier alpha value is -2.79. The van der Waals surface area contributed by atoms with Gasteiger partial charge in [-0.25, -0.2) is 4.79 Å². The highest BCUT2D eigenvalue weighted by Gasteiger charge is 2.61. The normalized spacial score (nSPS) is 34.9. The molecular formula is C42H54O2. The van der Waals surface area contributed by atoms with Crippen molar-refractivity contribution >= 4 is 5.97 Å². The monoisotopic (exact) mass is 590 g/mol. The number of carbonyl (C=O) groups is 1. The lowest BCUT2D eigenvalue weighted by molar-refractivity contribution is -0.0869. The summed E-state index contributed by atoms with van der Waals surface area (Å²) >= 11 is 0. The van der Waals surface area contributed by atoms with Crippen LogP contribution in [-0.2, 0) is 4.74 Å². The van der Waals surface area contributed by atoms with Crippen LogP contribution in [-0.4, -0.2) is 12.1 Å². The van der Waals surface area contributed by atoms with Crippen LogP contribution in [0.1, 0.15) is 115 Å². The topological polar surface area (TPSA) is 26.3 Å². The zero-order valence-electron chi connectivity index (χ0n) is 27.9. The average Bonchev–Trinajstić information content (AvgIpc) is 3.38. The van der Waals surface area contributed by atoms with Gasteiger partial charge in [0.1, 0.15) is 6.10 Å². The van der Waals surface area contributed by atoms with Crippen molar-refractivity contribution < 1.29 is 9.53 Å². The van der Waals surface area contributed by atoms with Crippen molar-refractivity contribution in [1.29, 1.82) is 0 Å². The highest BCUT2D eigenvalue weighted by atomic mass is 16.5. The Bertz CT molecular complexity index is 1380. The van der Waals surface area contributed by atoms with Gasteiger partial charge < -0.3 is 4.74 Å². The van der Waals surface area contributed by atoms with Gasteiger partial charge in [-0.2, -0.15) is 0 Å². The number of carbonyl (C=O) groups excluding carboxylic acids is 1. The lowest BCUT2D eigenvalue weighted by Gasteiger charge is -2.60. The van der Waals surface area contributed by atoms with Crippen molar-refractivity contribution in [3.05, 3.63) is 83.4 Å². The minimum atomic E-state index is -0.186. The van der Waals surface area contributed by atoms with Gasteiger partial charge in [-0.1, -0.05) is 108 Å². The number of hydrogen-bond acceptors (Lipinski definition) is 2. The molecule has 0 saturated heterocycles. The van der Waals surface area contributed by atoms with Crippen molar-refractivity contribution in [1.82, 2.24) is 0 Å². The molecule has 0 radical (unpaired) electrons. The molecule has 3 saturated carbocycles. The number of ether oxygens (including phenoxy) is 1. The van der Waals surface area contributed by atoms with Crippen LogP contribution in [0, 0.1) is 64.1 Å². The van der Waals surface area contributed by atoms with Crippen LogP contribution >= 0.6 is 0 Å². The second kappa shape index (κ2) is 12.9. The quantitative estimate of drug-likeness (QED) is 0.237. The molecule has 0 amide bonds. The first kappa shape index (κ1) is 31.2. The van der Waals surface area contributed by atoms with E-state index in [1.165, 1.54) is 50.5 Å². The summed E-state index contributed by atoms with van der Waals surface area (Å²) in [5, 5.41) is 0. The SMILES string of the molecule is CC(C)CCC[C@@H](C)[C@H]1CC[C@H]2[C@H]3C(C#Cc4ccccc4)=C[C@H]4C[C@@H](OC(=O)c5ccccc5)CC[C@]4(C)[C@@H]3CC[C@]12C. The fourth-order valence-electron chi connectivity index (χ4n) is 10.4. The smallest absolute Gasteiger partial charge is 0.338 e. The van der Waals surface area contributed by atoms with Crippen LogP contribution in [0.15, 0.2) is 72.3 Å². The van der Waals surface area contributed by atoms with E-state index in [4.69, 9.17) is 4.74 Å². The first-order valence-electron chi connectivity index (χ1n) is 17.7. The summed E-state index contributed by atoms with van der Waals surface area (Å²) in [6, 6.07) is 20.0. The Morgan fingerprint density at radius 3 is 2.25 bits per heavy atom.